The third kappa shape index (κ3) is 4.02. The number of hydrogen-bond acceptors (Lipinski definition) is 4. The van der Waals surface area contributed by atoms with Crippen LogP contribution in [0.3, 0.4) is 0 Å². The minimum Gasteiger partial charge on any atom is -0.478 e. The summed E-state index contributed by atoms with van der Waals surface area (Å²) < 4.78 is 0. The number of carboxylic acid groups (broad SMARTS) is 1. The number of amides is 2. The van der Waals surface area contributed by atoms with Crippen molar-refractivity contribution in [2.45, 2.75) is 13.3 Å². The van der Waals surface area contributed by atoms with Gasteiger partial charge in [-0.2, -0.15) is 0 Å². The van der Waals surface area contributed by atoms with E-state index in [1.54, 1.807) is 0 Å². The van der Waals surface area contributed by atoms with E-state index in [2.05, 4.69) is 0 Å². The van der Waals surface area contributed by atoms with Crippen molar-refractivity contribution in [1.82, 2.24) is 5.01 Å². The SMILES string of the molecule is CCC(=O)N(N)C(=O)C=CC(=O)O. The molecule has 0 aliphatic heterocycles. The third-order valence-corrected chi connectivity index (χ3v) is 1.18. The summed E-state index contributed by atoms with van der Waals surface area (Å²) in [5.74, 6) is 2.35. The second kappa shape index (κ2) is 5.04. The van der Waals surface area contributed by atoms with E-state index in [1.165, 1.54) is 6.92 Å². The average molecular weight is 186 g/mol. The van der Waals surface area contributed by atoms with Gasteiger partial charge in [-0.1, -0.05) is 6.92 Å². The van der Waals surface area contributed by atoms with Crippen molar-refractivity contribution in [2.75, 3.05) is 0 Å². The number of hydrazine groups is 1. The van der Waals surface area contributed by atoms with E-state index in [1.807, 2.05) is 0 Å². The molecule has 6 heteroatoms. The quantitative estimate of drug-likeness (QED) is 0.262. The second-order valence-corrected chi connectivity index (χ2v) is 2.13. The Kier molecular flexibility index (Phi) is 4.39. The van der Waals surface area contributed by atoms with Crippen molar-refractivity contribution in [3.63, 3.8) is 0 Å². The number of carboxylic acids is 1. The minimum atomic E-state index is -1.27. The van der Waals surface area contributed by atoms with E-state index in [4.69, 9.17) is 10.9 Å². The van der Waals surface area contributed by atoms with Crippen LogP contribution in [-0.2, 0) is 14.4 Å². The fraction of sp³-hybridized carbons (Fsp3) is 0.286. The highest BCUT2D eigenvalue weighted by atomic mass is 16.4. The highest BCUT2D eigenvalue weighted by molar-refractivity contribution is 6.02. The van der Waals surface area contributed by atoms with Gasteiger partial charge in [-0.15, -0.1) is 0 Å². The highest BCUT2D eigenvalue weighted by Crippen LogP contribution is 1.89. The van der Waals surface area contributed by atoms with E-state index in [0.717, 1.165) is 6.08 Å². The summed E-state index contributed by atoms with van der Waals surface area (Å²) in [7, 11) is 0. The molecule has 0 aromatic heterocycles. The first-order valence-corrected chi connectivity index (χ1v) is 3.51. The first-order valence-electron chi connectivity index (χ1n) is 3.51. The van der Waals surface area contributed by atoms with Crippen molar-refractivity contribution in [2.24, 2.45) is 5.84 Å². The maximum atomic E-state index is 10.9. The van der Waals surface area contributed by atoms with Crippen molar-refractivity contribution < 1.29 is 19.5 Å². The summed E-state index contributed by atoms with van der Waals surface area (Å²) in [6.07, 6.45) is 1.42. The average Bonchev–Trinajstić information content (AvgIpc) is 2.11. The van der Waals surface area contributed by atoms with Gasteiger partial charge >= 0.3 is 5.97 Å². The number of aliphatic carboxylic acids is 1. The summed E-state index contributed by atoms with van der Waals surface area (Å²) in [6.45, 7) is 1.54. The highest BCUT2D eigenvalue weighted by Gasteiger charge is 2.12. The van der Waals surface area contributed by atoms with Gasteiger partial charge in [0.2, 0.25) is 5.91 Å². The normalized spacial score (nSPS) is 10.0. The number of rotatable bonds is 3. The molecule has 0 aliphatic rings. The number of nitrogens with zero attached hydrogens (tertiary/aromatic N) is 1. The van der Waals surface area contributed by atoms with Gasteiger partial charge in [0.05, 0.1) is 0 Å². The lowest BCUT2D eigenvalue weighted by atomic mass is 10.4. The first-order chi connectivity index (χ1) is 5.99. The van der Waals surface area contributed by atoms with E-state index in [-0.39, 0.29) is 6.42 Å². The predicted octanol–water partition coefficient (Wildman–Crippen LogP) is -0.734. The molecular weight excluding hydrogens is 176 g/mol. The summed E-state index contributed by atoms with van der Waals surface area (Å²) in [6, 6.07) is 0. The van der Waals surface area contributed by atoms with Crippen LogP contribution in [0.2, 0.25) is 0 Å². The van der Waals surface area contributed by atoms with Gasteiger partial charge in [0, 0.05) is 18.6 Å². The van der Waals surface area contributed by atoms with Gasteiger partial charge in [-0.05, 0) is 0 Å². The molecular formula is C7H10N2O4. The maximum Gasteiger partial charge on any atom is 0.328 e. The molecule has 0 spiro atoms. The van der Waals surface area contributed by atoms with Crippen LogP contribution < -0.4 is 5.84 Å². The zero-order valence-corrected chi connectivity index (χ0v) is 7.06. The lowest BCUT2D eigenvalue weighted by Crippen LogP contribution is -2.41. The predicted molar refractivity (Wildman–Crippen MR) is 43.1 cm³/mol. The molecule has 0 aromatic rings. The lowest BCUT2D eigenvalue weighted by Gasteiger charge is -2.09. The number of nitrogens with two attached hydrogens (primary N) is 1. The van der Waals surface area contributed by atoms with E-state index < -0.39 is 17.8 Å². The summed E-state index contributed by atoms with van der Waals surface area (Å²) >= 11 is 0. The number of imide groups is 1. The van der Waals surface area contributed by atoms with Gasteiger partial charge in [0.15, 0.2) is 0 Å². The lowest BCUT2D eigenvalue weighted by molar-refractivity contribution is -0.142. The van der Waals surface area contributed by atoms with Crippen LogP contribution in [0.1, 0.15) is 13.3 Å². The van der Waals surface area contributed by atoms with Crippen molar-refractivity contribution in [3.05, 3.63) is 12.2 Å². The zero-order valence-electron chi connectivity index (χ0n) is 7.06. The molecule has 2 amide bonds. The van der Waals surface area contributed by atoms with Crippen molar-refractivity contribution in [3.8, 4) is 0 Å². The molecule has 0 atom stereocenters. The molecule has 0 unspecified atom stereocenters. The Morgan fingerprint density at radius 2 is 1.92 bits per heavy atom. The van der Waals surface area contributed by atoms with Gasteiger partial charge in [0.1, 0.15) is 0 Å². The van der Waals surface area contributed by atoms with E-state index in [9.17, 15) is 14.4 Å². The van der Waals surface area contributed by atoms with Crippen molar-refractivity contribution >= 4 is 17.8 Å². The van der Waals surface area contributed by atoms with Gasteiger partial charge < -0.3 is 5.11 Å². The standard InChI is InChI=1S/C7H10N2O4/c1-2-5(10)9(8)6(11)3-4-7(12)13/h3-4H,2,8H2,1H3,(H,12,13). The van der Waals surface area contributed by atoms with Crippen LogP contribution in [0, 0.1) is 0 Å². The molecule has 0 aliphatic carbocycles. The van der Waals surface area contributed by atoms with E-state index in [0.29, 0.717) is 11.1 Å². The smallest absolute Gasteiger partial charge is 0.328 e. The Balaban J connectivity index is 4.27. The molecule has 0 bridgehead atoms. The summed E-state index contributed by atoms with van der Waals surface area (Å²) in [4.78, 5) is 31.7. The Morgan fingerprint density at radius 3 is 2.31 bits per heavy atom. The summed E-state index contributed by atoms with van der Waals surface area (Å²) in [5, 5.41) is 8.53. The fourth-order valence-corrected chi connectivity index (χ4v) is 0.516. The molecule has 0 saturated heterocycles. The van der Waals surface area contributed by atoms with Crippen LogP contribution in [0.15, 0.2) is 12.2 Å². The molecule has 0 saturated carbocycles. The molecule has 72 valence electrons. The molecule has 3 N–H and O–H groups in total. The van der Waals surface area contributed by atoms with Crippen LogP contribution in [0.25, 0.3) is 0 Å². The van der Waals surface area contributed by atoms with Gasteiger partial charge in [-0.3, -0.25) is 9.59 Å². The van der Waals surface area contributed by atoms with E-state index >= 15 is 0 Å². The Labute approximate surface area is 74.6 Å². The Morgan fingerprint density at radius 1 is 1.38 bits per heavy atom. The van der Waals surface area contributed by atoms with Crippen LogP contribution in [0.5, 0.6) is 0 Å². The zero-order chi connectivity index (χ0) is 10.4. The molecule has 0 heterocycles. The monoisotopic (exact) mass is 186 g/mol. The Bertz CT molecular complexity index is 259. The molecule has 0 rings (SSSR count). The van der Waals surface area contributed by atoms with Crippen LogP contribution in [-0.4, -0.2) is 27.9 Å². The fourth-order valence-electron chi connectivity index (χ4n) is 0.516. The van der Waals surface area contributed by atoms with Gasteiger partial charge in [-0.25, -0.2) is 15.6 Å². The number of hydrogen-bond donors (Lipinski definition) is 2. The third-order valence-electron chi connectivity index (χ3n) is 1.18. The largest absolute Gasteiger partial charge is 0.478 e. The van der Waals surface area contributed by atoms with Gasteiger partial charge in [0.25, 0.3) is 5.91 Å². The molecule has 0 aromatic carbocycles. The van der Waals surface area contributed by atoms with Crippen LogP contribution >= 0.6 is 0 Å². The number of carbonyl (C=O) groups is 3. The van der Waals surface area contributed by atoms with Crippen molar-refractivity contribution in [1.29, 1.82) is 0 Å². The molecule has 6 nitrogen and oxygen atoms in total. The Hall–Kier alpha value is -1.69. The molecule has 13 heavy (non-hydrogen) atoms. The topological polar surface area (TPSA) is 101 Å². The molecule has 0 fully saturated rings. The maximum absolute atomic E-state index is 10.9. The molecule has 0 radical (unpaired) electrons. The van der Waals surface area contributed by atoms with Crippen LogP contribution in [0.4, 0.5) is 0 Å². The minimum absolute atomic E-state index is 0.0865. The number of carbonyl (C=O) groups excluding carboxylic acids is 2. The second-order valence-electron chi connectivity index (χ2n) is 2.13. The summed E-state index contributed by atoms with van der Waals surface area (Å²) in [5.41, 5.74) is 0. The first kappa shape index (κ1) is 11.3.